The Balaban J connectivity index is 1.36. The second-order valence-electron chi connectivity index (χ2n) is 6.67. The zero-order chi connectivity index (χ0) is 17.9. The summed E-state index contributed by atoms with van der Waals surface area (Å²) in [6.45, 7) is 6.80. The van der Waals surface area contributed by atoms with Crippen molar-refractivity contribution in [3.8, 4) is 11.3 Å². The van der Waals surface area contributed by atoms with Crippen LogP contribution in [0.2, 0.25) is 0 Å². The van der Waals surface area contributed by atoms with Crippen LogP contribution in [0, 0.1) is 12.7 Å². The van der Waals surface area contributed by atoms with Crippen LogP contribution in [0.5, 0.6) is 0 Å². The number of oxazole rings is 1. The molecule has 0 N–H and O–H groups in total. The smallest absolute Gasteiger partial charge is 0.209 e. The molecule has 0 saturated carbocycles. The average molecular weight is 351 g/mol. The van der Waals surface area contributed by atoms with Gasteiger partial charge < -0.3 is 9.32 Å². The third kappa shape index (κ3) is 3.63. The van der Waals surface area contributed by atoms with E-state index in [9.17, 15) is 4.39 Å². The molecule has 4 rings (SSSR count). The number of hydrogen-bond donors (Lipinski definition) is 0. The molecule has 1 aliphatic heterocycles. The molecule has 3 aromatic rings. The van der Waals surface area contributed by atoms with Crippen LogP contribution in [0.1, 0.15) is 11.5 Å². The molecule has 26 heavy (non-hydrogen) atoms. The van der Waals surface area contributed by atoms with Crippen molar-refractivity contribution in [2.45, 2.75) is 13.5 Å². The number of aromatic nitrogens is 1. The fourth-order valence-corrected chi connectivity index (χ4v) is 3.39. The lowest BCUT2D eigenvalue weighted by Gasteiger charge is -2.36. The molecule has 0 unspecified atom stereocenters. The van der Waals surface area contributed by atoms with Crippen molar-refractivity contribution in [1.29, 1.82) is 0 Å². The Hall–Kier alpha value is -2.66. The minimum absolute atomic E-state index is 0.250. The molecule has 0 atom stereocenters. The summed E-state index contributed by atoms with van der Waals surface area (Å²) in [6, 6.07) is 14.8. The highest BCUT2D eigenvalue weighted by atomic mass is 19.1. The number of aryl methyl sites for hydroxylation is 1. The van der Waals surface area contributed by atoms with E-state index < -0.39 is 0 Å². The van der Waals surface area contributed by atoms with E-state index in [2.05, 4.69) is 46.0 Å². The lowest BCUT2D eigenvalue weighted by molar-refractivity contribution is 0.227. The molecule has 0 spiro atoms. The van der Waals surface area contributed by atoms with Gasteiger partial charge in [0.1, 0.15) is 5.82 Å². The molecular weight excluding hydrogens is 329 g/mol. The number of halogens is 1. The minimum atomic E-state index is -0.250. The van der Waals surface area contributed by atoms with Crippen molar-refractivity contribution >= 4 is 5.69 Å². The Morgan fingerprint density at radius 1 is 1.00 bits per heavy atom. The first-order valence-corrected chi connectivity index (χ1v) is 8.92. The molecule has 134 valence electrons. The topological polar surface area (TPSA) is 32.5 Å². The van der Waals surface area contributed by atoms with Gasteiger partial charge in [0.2, 0.25) is 5.89 Å². The Morgan fingerprint density at radius 2 is 1.73 bits per heavy atom. The standard InChI is InChI=1S/C21H22FN3O/c1-16-4-2-3-5-19(16)25-12-10-24(11-13-25)15-21-23-14-20(26-21)17-6-8-18(22)9-7-17/h2-9,14H,10-13,15H2,1H3. The predicted molar refractivity (Wildman–Crippen MR) is 101 cm³/mol. The van der Waals surface area contributed by atoms with Gasteiger partial charge in [-0.05, 0) is 42.8 Å². The van der Waals surface area contributed by atoms with E-state index in [1.807, 2.05) is 0 Å². The maximum absolute atomic E-state index is 13.0. The molecule has 0 bridgehead atoms. The monoisotopic (exact) mass is 351 g/mol. The van der Waals surface area contributed by atoms with Crippen LogP contribution in [-0.2, 0) is 6.54 Å². The molecule has 1 aliphatic rings. The number of benzene rings is 2. The minimum Gasteiger partial charge on any atom is -0.439 e. The number of anilines is 1. The molecule has 1 saturated heterocycles. The van der Waals surface area contributed by atoms with E-state index in [0.717, 1.165) is 31.7 Å². The zero-order valence-corrected chi connectivity index (χ0v) is 14.9. The van der Waals surface area contributed by atoms with Crippen molar-refractivity contribution in [3.63, 3.8) is 0 Å². The van der Waals surface area contributed by atoms with Gasteiger partial charge in [0.25, 0.3) is 0 Å². The summed E-state index contributed by atoms with van der Waals surface area (Å²) in [6.07, 6.45) is 1.71. The van der Waals surface area contributed by atoms with Crippen molar-refractivity contribution in [1.82, 2.24) is 9.88 Å². The average Bonchev–Trinajstić information content (AvgIpc) is 3.12. The maximum Gasteiger partial charge on any atom is 0.209 e. The molecule has 0 aliphatic carbocycles. The second-order valence-corrected chi connectivity index (χ2v) is 6.67. The predicted octanol–water partition coefficient (Wildman–Crippen LogP) is 4.11. The quantitative estimate of drug-likeness (QED) is 0.708. The Bertz CT molecular complexity index is 867. The maximum atomic E-state index is 13.0. The van der Waals surface area contributed by atoms with Crippen LogP contribution in [-0.4, -0.2) is 36.1 Å². The molecule has 2 heterocycles. The van der Waals surface area contributed by atoms with Crippen molar-refractivity contribution in [2.24, 2.45) is 0 Å². The first kappa shape index (κ1) is 16.8. The highest BCUT2D eigenvalue weighted by Gasteiger charge is 2.20. The summed E-state index contributed by atoms with van der Waals surface area (Å²) >= 11 is 0. The summed E-state index contributed by atoms with van der Waals surface area (Å²) in [5.41, 5.74) is 3.48. The van der Waals surface area contributed by atoms with Crippen LogP contribution in [0.4, 0.5) is 10.1 Å². The molecular formula is C21H22FN3O. The van der Waals surface area contributed by atoms with E-state index in [-0.39, 0.29) is 5.82 Å². The first-order chi connectivity index (χ1) is 12.7. The number of hydrogen-bond acceptors (Lipinski definition) is 4. The Labute approximate surface area is 152 Å². The van der Waals surface area contributed by atoms with Gasteiger partial charge >= 0.3 is 0 Å². The largest absolute Gasteiger partial charge is 0.439 e. The molecule has 0 radical (unpaired) electrons. The molecule has 0 amide bonds. The third-order valence-corrected chi connectivity index (χ3v) is 4.87. The second kappa shape index (κ2) is 7.30. The van der Waals surface area contributed by atoms with Gasteiger partial charge in [-0.1, -0.05) is 18.2 Å². The van der Waals surface area contributed by atoms with E-state index in [0.29, 0.717) is 18.2 Å². The van der Waals surface area contributed by atoms with Gasteiger partial charge in [-0.15, -0.1) is 0 Å². The molecule has 1 fully saturated rings. The van der Waals surface area contributed by atoms with Crippen LogP contribution < -0.4 is 4.90 Å². The zero-order valence-electron chi connectivity index (χ0n) is 14.9. The fraction of sp³-hybridized carbons (Fsp3) is 0.286. The van der Waals surface area contributed by atoms with Gasteiger partial charge in [-0.25, -0.2) is 9.37 Å². The van der Waals surface area contributed by atoms with Crippen LogP contribution >= 0.6 is 0 Å². The summed E-state index contributed by atoms with van der Waals surface area (Å²) in [7, 11) is 0. The van der Waals surface area contributed by atoms with E-state index in [1.54, 1.807) is 18.3 Å². The lowest BCUT2D eigenvalue weighted by atomic mass is 10.1. The van der Waals surface area contributed by atoms with Gasteiger partial charge in [0, 0.05) is 37.4 Å². The van der Waals surface area contributed by atoms with Crippen LogP contribution in [0.25, 0.3) is 11.3 Å². The highest BCUT2D eigenvalue weighted by Crippen LogP contribution is 2.23. The Morgan fingerprint density at radius 3 is 2.46 bits per heavy atom. The van der Waals surface area contributed by atoms with E-state index >= 15 is 0 Å². The van der Waals surface area contributed by atoms with Gasteiger partial charge in [-0.3, -0.25) is 4.90 Å². The number of nitrogens with zero attached hydrogens (tertiary/aromatic N) is 3. The van der Waals surface area contributed by atoms with Gasteiger partial charge in [0.05, 0.1) is 12.7 Å². The van der Waals surface area contributed by atoms with Crippen molar-refractivity contribution in [3.05, 3.63) is 72.0 Å². The highest BCUT2D eigenvalue weighted by molar-refractivity contribution is 5.56. The van der Waals surface area contributed by atoms with Crippen molar-refractivity contribution in [2.75, 3.05) is 31.1 Å². The van der Waals surface area contributed by atoms with Gasteiger partial charge in [-0.2, -0.15) is 0 Å². The van der Waals surface area contributed by atoms with E-state index in [1.165, 1.54) is 23.4 Å². The molecule has 4 nitrogen and oxygen atoms in total. The third-order valence-electron chi connectivity index (χ3n) is 4.87. The molecule has 1 aromatic heterocycles. The van der Waals surface area contributed by atoms with Crippen LogP contribution in [0.3, 0.4) is 0 Å². The number of rotatable bonds is 4. The Kier molecular flexibility index (Phi) is 4.71. The first-order valence-electron chi connectivity index (χ1n) is 8.92. The summed E-state index contributed by atoms with van der Waals surface area (Å²) in [5, 5.41) is 0. The van der Waals surface area contributed by atoms with Gasteiger partial charge in [0.15, 0.2) is 5.76 Å². The van der Waals surface area contributed by atoms with Crippen LogP contribution in [0.15, 0.2) is 59.1 Å². The fourth-order valence-electron chi connectivity index (χ4n) is 3.39. The summed E-state index contributed by atoms with van der Waals surface area (Å²) < 4.78 is 18.9. The summed E-state index contributed by atoms with van der Waals surface area (Å²) in [5.74, 6) is 1.13. The summed E-state index contributed by atoms with van der Waals surface area (Å²) in [4.78, 5) is 9.18. The lowest BCUT2D eigenvalue weighted by Crippen LogP contribution is -2.46. The number of para-hydroxylation sites is 1. The SMILES string of the molecule is Cc1ccccc1N1CCN(Cc2ncc(-c3ccc(F)cc3)o2)CC1. The molecule has 2 aromatic carbocycles. The van der Waals surface area contributed by atoms with E-state index in [4.69, 9.17) is 4.42 Å². The van der Waals surface area contributed by atoms with Crippen molar-refractivity contribution < 1.29 is 8.81 Å². The molecule has 5 heteroatoms. The normalized spacial score (nSPS) is 15.4. The number of piperazine rings is 1.